The van der Waals surface area contributed by atoms with Crippen LogP contribution in [0, 0.1) is 5.92 Å². The van der Waals surface area contributed by atoms with E-state index in [9.17, 15) is 9.59 Å². The normalized spacial score (nSPS) is 17.3. The number of hydrogen-bond acceptors (Lipinski definition) is 6. The number of nitrogens with zero attached hydrogens (tertiary/aromatic N) is 2. The summed E-state index contributed by atoms with van der Waals surface area (Å²) in [5.74, 6) is 0.738. The molecule has 0 aromatic carbocycles. The van der Waals surface area contributed by atoms with Crippen LogP contribution in [-0.2, 0) is 28.9 Å². The summed E-state index contributed by atoms with van der Waals surface area (Å²) < 4.78 is 6.68. The van der Waals surface area contributed by atoms with E-state index in [4.69, 9.17) is 9.72 Å². The highest BCUT2D eigenvalue weighted by Gasteiger charge is 2.24. The van der Waals surface area contributed by atoms with Gasteiger partial charge in [0.15, 0.2) is 5.16 Å². The Morgan fingerprint density at radius 3 is 3.07 bits per heavy atom. The van der Waals surface area contributed by atoms with E-state index in [1.54, 1.807) is 29.1 Å². The molecule has 6 nitrogen and oxygen atoms in total. The highest BCUT2D eigenvalue weighted by atomic mass is 32.2. The van der Waals surface area contributed by atoms with E-state index < -0.39 is 0 Å². The zero-order valence-corrected chi connectivity index (χ0v) is 18.3. The second-order valence-electron chi connectivity index (χ2n) is 7.34. The summed E-state index contributed by atoms with van der Waals surface area (Å²) in [6, 6.07) is -0.0603. The van der Waals surface area contributed by atoms with Gasteiger partial charge in [0.1, 0.15) is 4.83 Å². The van der Waals surface area contributed by atoms with Crippen LogP contribution in [0.5, 0.6) is 0 Å². The Hall–Kier alpha value is -1.64. The molecule has 0 bridgehead atoms. The van der Waals surface area contributed by atoms with Crippen LogP contribution in [0.25, 0.3) is 10.2 Å². The molecule has 2 heterocycles. The summed E-state index contributed by atoms with van der Waals surface area (Å²) in [5.41, 5.74) is 1.16. The lowest BCUT2D eigenvalue weighted by Gasteiger charge is -2.17. The molecule has 1 amide bonds. The van der Waals surface area contributed by atoms with Gasteiger partial charge in [-0.2, -0.15) is 0 Å². The van der Waals surface area contributed by atoms with Crippen molar-refractivity contribution >= 4 is 39.2 Å². The molecule has 0 saturated heterocycles. The van der Waals surface area contributed by atoms with E-state index in [1.807, 2.05) is 6.92 Å². The third-order valence-electron chi connectivity index (χ3n) is 4.85. The number of thiophene rings is 1. The van der Waals surface area contributed by atoms with Crippen molar-refractivity contribution in [1.82, 2.24) is 14.9 Å². The maximum Gasteiger partial charge on any atom is 0.263 e. The van der Waals surface area contributed by atoms with Gasteiger partial charge in [-0.05, 0) is 37.7 Å². The molecule has 8 heteroatoms. The maximum atomic E-state index is 13.2. The fourth-order valence-electron chi connectivity index (χ4n) is 3.54. The summed E-state index contributed by atoms with van der Waals surface area (Å²) in [4.78, 5) is 32.3. The second-order valence-corrected chi connectivity index (χ2v) is 9.37. The first kappa shape index (κ1) is 21.1. The molecule has 3 rings (SSSR count). The minimum atomic E-state index is -0.103. The molecule has 0 saturated carbocycles. The number of carbonyl (C=O) groups excluding carboxylic acids is 1. The van der Waals surface area contributed by atoms with E-state index in [1.165, 1.54) is 22.2 Å². The van der Waals surface area contributed by atoms with E-state index >= 15 is 0 Å². The number of ether oxygens (including phenoxy) is 1. The van der Waals surface area contributed by atoms with Crippen molar-refractivity contribution in [1.29, 1.82) is 0 Å². The molecule has 2 atom stereocenters. The number of methoxy groups -OCH3 is 1. The van der Waals surface area contributed by atoms with Gasteiger partial charge in [-0.3, -0.25) is 14.2 Å². The number of nitrogens with one attached hydrogen (secondary N) is 1. The Bertz CT molecular complexity index is 935. The number of rotatable bonds is 8. The standard InChI is InChI=1S/C20H27N3O3S2/c1-5-8-23-19(25)17-14-7-6-12(2)9-15(14)28-18(17)22-20(23)27-11-16(24)21-13(3)10-26-4/h5,12-13H,1,6-11H2,2-4H3,(H,21,24)/t12-,13+/m1/s1. The third-order valence-corrected chi connectivity index (χ3v) is 6.97. The number of hydrogen-bond donors (Lipinski definition) is 1. The molecular weight excluding hydrogens is 394 g/mol. The predicted molar refractivity (Wildman–Crippen MR) is 115 cm³/mol. The Kier molecular flexibility index (Phi) is 6.95. The van der Waals surface area contributed by atoms with Crippen molar-refractivity contribution < 1.29 is 9.53 Å². The average molecular weight is 422 g/mol. The van der Waals surface area contributed by atoms with Gasteiger partial charge < -0.3 is 10.1 Å². The summed E-state index contributed by atoms with van der Waals surface area (Å²) in [5, 5.41) is 4.21. The highest BCUT2D eigenvalue weighted by Crippen LogP contribution is 2.36. The molecule has 1 aliphatic rings. The number of allylic oxidation sites excluding steroid dienone is 1. The smallest absolute Gasteiger partial charge is 0.263 e. The van der Waals surface area contributed by atoms with Crippen molar-refractivity contribution in [2.24, 2.45) is 5.92 Å². The third kappa shape index (κ3) is 4.50. The predicted octanol–water partition coefficient (Wildman–Crippen LogP) is 3.01. The number of thioether (sulfide) groups is 1. The zero-order chi connectivity index (χ0) is 20.3. The van der Waals surface area contributed by atoms with Gasteiger partial charge in [0.2, 0.25) is 5.91 Å². The lowest BCUT2D eigenvalue weighted by molar-refractivity contribution is -0.119. The fraction of sp³-hybridized carbons (Fsp3) is 0.550. The van der Waals surface area contributed by atoms with Crippen LogP contribution in [-0.4, -0.2) is 41.0 Å². The summed E-state index contributed by atoms with van der Waals surface area (Å²) in [6.07, 6.45) is 4.75. The van der Waals surface area contributed by atoms with Crippen LogP contribution in [0.2, 0.25) is 0 Å². The first-order chi connectivity index (χ1) is 13.4. The van der Waals surface area contributed by atoms with E-state index in [2.05, 4.69) is 18.8 Å². The van der Waals surface area contributed by atoms with Crippen LogP contribution in [0.4, 0.5) is 0 Å². The van der Waals surface area contributed by atoms with Crippen LogP contribution in [0.15, 0.2) is 22.6 Å². The molecule has 152 valence electrons. The Labute approximate surface area is 173 Å². The first-order valence-corrected chi connectivity index (χ1v) is 11.3. The number of carbonyl (C=O) groups is 1. The second kappa shape index (κ2) is 9.24. The Balaban J connectivity index is 1.89. The van der Waals surface area contributed by atoms with Crippen LogP contribution >= 0.6 is 23.1 Å². The molecule has 2 aromatic heterocycles. The summed E-state index contributed by atoms with van der Waals surface area (Å²) in [6.45, 7) is 8.75. The molecule has 1 aliphatic carbocycles. The lowest BCUT2D eigenvalue weighted by atomic mass is 9.89. The molecule has 2 aromatic rings. The highest BCUT2D eigenvalue weighted by molar-refractivity contribution is 7.99. The molecule has 0 aliphatic heterocycles. The van der Waals surface area contributed by atoms with Gasteiger partial charge in [0.25, 0.3) is 5.56 Å². The largest absolute Gasteiger partial charge is 0.383 e. The minimum Gasteiger partial charge on any atom is -0.383 e. The van der Waals surface area contributed by atoms with Gasteiger partial charge >= 0.3 is 0 Å². The summed E-state index contributed by atoms with van der Waals surface area (Å²) in [7, 11) is 1.60. The van der Waals surface area contributed by atoms with Gasteiger partial charge in [0, 0.05) is 24.6 Å². The van der Waals surface area contributed by atoms with Crippen molar-refractivity contribution in [3.8, 4) is 0 Å². The van der Waals surface area contributed by atoms with Crippen molar-refractivity contribution in [2.75, 3.05) is 19.5 Å². The van der Waals surface area contributed by atoms with Crippen LogP contribution < -0.4 is 10.9 Å². The molecule has 0 spiro atoms. The molecule has 0 radical (unpaired) electrons. The number of fused-ring (bicyclic) bond motifs is 3. The van der Waals surface area contributed by atoms with E-state index in [-0.39, 0.29) is 23.3 Å². The molecule has 1 N–H and O–H groups in total. The summed E-state index contributed by atoms with van der Waals surface area (Å²) >= 11 is 2.92. The minimum absolute atomic E-state index is 0.0207. The molecule has 28 heavy (non-hydrogen) atoms. The molecular formula is C20H27N3O3S2. The van der Waals surface area contributed by atoms with Crippen LogP contribution in [0.3, 0.4) is 0 Å². The maximum absolute atomic E-state index is 13.2. The lowest BCUT2D eigenvalue weighted by Crippen LogP contribution is -2.36. The Morgan fingerprint density at radius 1 is 1.57 bits per heavy atom. The quantitative estimate of drug-likeness (QED) is 0.403. The van der Waals surface area contributed by atoms with Crippen LogP contribution in [0.1, 0.15) is 30.7 Å². The zero-order valence-electron chi connectivity index (χ0n) is 16.6. The van der Waals surface area contributed by atoms with Gasteiger partial charge in [-0.25, -0.2) is 4.98 Å². The number of aromatic nitrogens is 2. The first-order valence-electron chi connectivity index (χ1n) is 9.51. The fourth-order valence-corrected chi connectivity index (χ4v) is 5.79. The Morgan fingerprint density at radius 2 is 2.36 bits per heavy atom. The SMILES string of the molecule is C=CCn1c(SCC(=O)N[C@@H](C)COC)nc2sc3c(c2c1=O)CC[C@@H](C)C3. The van der Waals surface area contributed by atoms with Crippen molar-refractivity contribution in [3.05, 3.63) is 33.4 Å². The van der Waals surface area contributed by atoms with E-state index in [0.29, 0.717) is 24.2 Å². The van der Waals surface area contributed by atoms with Crippen molar-refractivity contribution in [3.63, 3.8) is 0 Å². The van der Waals surface area contributed by atoms with Gasteiger partial charge in [-0.1, -0.05) is 24.8 Å². The monoisotopic (exact) mass is 421 g/mol. The average Bonchev–Trinajstić information content (AvgIpc) is 3.00. The molecule has 0 fully saturated rings. The number of aryl methyl sites for hydroxylation is 1. The van der Waals surface area contributed by atoms with Gasteiger partial charge in [0.05, 0.1) is 17.7 Å². The van der Waals surface area contributed by atoms with E-state index in [0.717, 1.165) is 29.5 Å². The molecule has 0 unspecified atom stereocenters. The topological polar surface area (TPSA) is 73.2 Å². The number of amides is 1. The van der Waals surface area contributed by atoms with Gasteiger partial charge in [-0.15, -0.1) is 17.9 Å². The van der Waals surface area contributed by atoms with Crippen molar-refractivity contribution in [2.45, 2.75) is 50.9 Å².